The SMILES string of the molecule is COCN(OC(C)=O)[C@H](CO)c1ccc(OC)cc1. The van der Waals surface area contributed by atoms with E-state index in [1.807, 2.05) is 0 Å². The molecule has 0 amide bonds. The van der Waals surface area contributed by atoms with E-state index in [1.54, 1.807) is 31.4 Å². The van der Waals surface area contributed by atoms with Crippen LogP contribution in [0.3, 0.4) is 0 Å². The van der Waals surface area contributed by atoms with E-state index in [9.17, 15) is 9.90 Å². The van der Waals surface area contributed by atoms with E-state index >= 15 is 0 Å². The fourth-order valence-electron chi connectivity index (χ4n) is 1.66. The number of benzene rings is 1. The lowest BCUT2D eigenvalue weighted by atomic mass is 10.1. The molecule has 0 aliphatic rings. The van der Waals surface area contributed by atoms with Crippen LogP contribution in [0.4, 0.5) is 0 Å². The van der Waals surface area contributed by atoms with Gasteiger partial charge in [-0.2, -0.15) is 0 Å². The van der Waals surface area contributed by atoms with Crippen molar-refractivity contribution in [2.75, 3.05) is 27.6 Å². The van der Waals surface area contributed by atoms with Crippen molar-refractivity contribution in [1.82, 2.24) is 5.06 Å². The molecule has 19 heavy (non-hydrogen) atoms. The van der Waals surface area contributed by atoms with E-state index in [0.717, 1.165) is 5.56 Å². The lowest BCUT2D eigenvalue weighted by Crippen LogP contribution is -2.34. The molecule has 1 aromatic rings. The van der Waals surface area contributed by atoms with Crippen LogP contribution in [0, 0.1) is 0 Å². The molecule has 0 aliphatic carbocycles. The van der Waals surface area contributed by atoms with Crippen LogP contribution in [0.5, 0.6) is 5.75 Å². The molecule has 0 unspecified atom stereocenters. The summed E-state index contributed by atoms with van der Waals surface area (Å²) < 4.78 is 10.0. The number of hydrogen-bond donors (Lipinski definition) is 1. The topological polar surface area (TPSA) is 68.2 Å². The van der Waals surface area contributed by atoms with E-state index in [0.29, 0.717) is 5.75 Å². The Morgan fingerprint density at radius 2 is 1.95 bits per heavy atom. The Morgan fingerprint density at radius 3 is 2.37 bits per heavy atom. The molecule has 106 valence electrons. The van der Waals surface area contributed by atoms with Crippen LogP contribution in [0.15, 0.2) is 24.3 Å². The molecule has 0 aromatic heterocycles. The summed E-state index contributed by atoms with van der Waals surface area (Å²) in [6.07, 6.45) is 0. The second-order valence-corrected chi connectivity index (χ2v) is 3.89. The number of aliphatic hydroxyl groups excluding tert-OH is 1. The first-order chi connectivity index (χ1) is 9.12. The minimum Gasteiger partial charge on any atom is -0.497 e. The van der Waals surface area contributed by atoms with Gasteiger partial charge >= 0.3 is 5.97 Å². The summed E-state index contributed by atoms with van der Waals surface area (Å²) >= 11 is 0. The first-order valence-corrected chi connectivity index (χ1v) is 5.81. The lowest BCUT2D eigenvalue weighted by molar-refractivity contribution is -0.228. The molecule has 0 heterocycles. The first kappa shape index (κ1) is 15.4. The van der Waals surface area contributed by atoms with Gasteiger partial charge in [0.05, 0.1) is 19.8 Å². The van der Waals surface area contributed by atoms with Crippen molar-refractivity contribution in [2.24, 2.45) is 0 Å². The molecule has 0 saturated carbocycles. The molecule has 1 atom stereocenters. The summed E-state index contributed by atoms with van der Waals surface area (Å²) in [5, 5.41) is 10.8. The van der Waals surface area contributed by atoms with Gasteiger partial charge in [0.1, 0.15) is 12.5 Å². The van der Waals surface area contributed by atoms with Crippen LogP contribution in [0.2, 0.25) is 0 Å². The number of carbonyl (C=O) groups is 1. The molecule has 0 radical (unpaired) electrons. The van der Waals surface area contributed by atoms with E-state index in [4.69, 9.17) is 14.3 Å². The molecule has 1 N–H and O–H groups in total. The minimum atomic E-state index is -0.491. The quantitative estimate of drug-likeness (QED) is 0.591. The van der Waals surface area contributed by atoms with Gasteiger partial charge in [0.25, 0.3) is 0 Å². The third-order valence-corrected chi connectivity index (χ3v) is 2.52. The van der Waals surface area contributed by atoms with Gasteiger partial charge in [0, 0.05) is 14.0 Å². The van der Waals surface area contributed by atoms with Crippen molar-refractivity contribution < 1.29 is 24.2 Å². The van der Waals surface area contributed by atoms with E-state index < -0.39 is 12.0 Å². The van der Waals surface area contributed by atoms with Crippen LogP contribution in [0.1, 0.15) is 18.5 Å². The summed E-state index contributed by atoms with van der Waals surface area (Å²) in [4.78, 5) is 16.1. The van der Waals surface area contributed by atoms with E-state index in [-0.39, 0.29) is 13.3 Å². The highest BCUT2D eigenvalue weighted by molar-refractivity contribution is 5.65. The van der Waals surface area contributed by atoms with Gasteiger partial charge in [0.15, 0.2) is 0 Å². The van der Waals surface area contributed by atoms with Gasteiger partial charge in [-0.05, 0) is 17.7 Å². The van der Waals surface area contributed by atoms with Gasteiger partial charge in [-0.15, -0.1) is 5.06 Å². The first-order valence-electron chi connectivity index (χ1n) is 5.81. The van der Waals surface area contributed by atoms with E-state index in [2.05, 4.69) is 0 Å². The Bertz CT molecular complexity index is 393. The van der Waals surface area contributed by atoms with Gasteiger partial charge in [-0.3, -0.25) is 4.79 Å². The fraction of sp³-hybridized carbons (Fsp3) is 0.462. The normalized spacial score (nSPS) is 12.3. The van der Waals surface area contributed by atoms with Crippen molar-refractivity contribution >= 4 is 5.97 Å². The third-order valence-electron chi connectivity index (χ3n) is 2.52. The van der Waals surface area contributed by atoms with E-state index in [1.165, 1.54) is 19.1 Å². The highest BCUT2D eigenvalue weighted by Gasteiger charge is 2.22. The summed E-state index contributed by atoms with van der Waals surface area (Å²) in [5.74, 6) is 0.246. The van der Waals surface area contributed by atoms with Crippen LogP contribution < -0.4 is 4.74 Å². The Labute approximate surface area is 112 Å². The Balaban J connectivity index is 2.90. The van der Waals surface area contributed by atoms with Gasteiger partial charge in [0.2, 0.25) is 0 Å². The zero-order chi connectivity index (χ0) is 14.3. The zero-order valence-corrected chi connectivity index (χ0v) is 11.3. The monoisotopic (exact) mass is 269 g/mol. The molecule has 0 aliphatic heterocycles. The summed E-state index contributed by atoms with van der Waals surface area (Å²) in [6, 6.07) is 6.65. The molecule has 6 heteroatoms. The molecule has 0 spiro atoms. The number of rotatable bonds is 7. The largest absolute Gasteiger partial charge is 0.497 e. The molecule has 1 rings (SSSR count). The third kappa shape index (κ3) is 4.51. The molecular formula is C13H19NO5. The maximum absolute atomic E-state index is 11.1. The van der Waals surface area contributed by atoms with Gasteiger partial charge < -0.3 is 19.4 Å². The smallest absolute Gasteiger partial charge is 0.322 e. The number of methoxy groups -OCH3 is 2. The van der Waals surface area contributed by atoms with Crippen molar-refractivity contribution in [1.29, 1.82) is 0 Å². The van der Waals surface area contributed by atoms with Crippen molar-refractivity contribution in [3.05, 3.63) is 29.8 Å². The Hall–Kier alpha value is -1.63. The molecular weight excluding hydrogens is 250 g/mol. The molecule has 0 bridgehead atoms. The molecule has 1 aromatic carbocycles. The van der Waals surface area contributed by atoms with Gasteiger partial charge in [-0.1, -0.05) is 12.1 Å². The maximum Gasteiger partial charge on any atom is 0.322 e. The predicted molar refractivity (Wildman–Crippen MR) is 68.3 cm³/mol. The van der Waals surface area contributed by atoms with Crippen molar-refractivity contribution in [3.8, 4) is 5.75 Å². The number of ether oxygens (including phenoxy) is 2. The summed E-state index contributed by atoms with van der Waals surface area (Å²) in [6.45, 7) is 1.16. The second kappa shape index (κ2) is 7.73. The van der Waals surface area contributed by atoms with Crippen LogP contribution >= 0.6 is 0 Å². The standard InChI is InChI=1S/C13H19NO5/c1-10(16)19-14(9-17-2)13(8-15)11-4-6-12(18-3)7-5-11/h4-7,13,15H,8-9H2,1-3H3/t13-/m1/s1. The van der Waals surface area contributed by atoms with Crippen LogP contribution in [-0.2, 0) is 14.4 Å². The number of hydroxylamine groups is 2. The Morgan fingerprint density at radius 1 is 1.32 bits per heavy atom. The van der Waals surface area contributed by atoms with Crippen LogP contribution in [-0.4, -0.2) is 43.7 Å². The average Bonchev–Trinajstić information content (AvgIpc) is 2.40. The zero-order valence-electron chi connectivity index (χ0n) is 11.3. The molecule has 0 saturated heterocycles. The summed E-state index contributed by atoms with van der Waals surface area (Å²) in [7, 11) is 3.06. The summed E-state index contributed by atoms with van der Waals surface area (Å²) in [5.41, 5.74) is 0.793. The second-order valence-electron chi connectivity index (χ2n) is 3.89. The fourth-order valence-corrected chi connectivity index (χ4v) is 1.66. The number of carbonyl (C=O) groups excluding carboxylic acids is 1. The predicted octanol–water partition coefficient (Wildman–Crippen LogP) is 1.11. The number of aliphatic hydroxyl groups is 1. The minimum absolute atomic E-state index is 0.0663. The highest BCUT2D eigenvalue weighted by atomic mass is 16.7. The van der Waals surface area contributed by atoms with Crippen LogP contribution in [0.25, 0.3) is 0 Å². The number of nitrogens with zero attached hydrogens (tertiary/aromatic N) is 1. The van der Waals surface area contributed by atoms with Crippen molar-refractivity contribution in [3.63, 3.8) is 0 Å². The molecule has 0 fully saturated rings. The Kier molecular flexibility index (Phi) is 6.27. The lowest BCUT2D eigenvalue weighted by Gasteiger charge is -2.27. The molecule has 6 nitrogen and oxygen atoms in total. The highest BCUT2D eigenvalue weighted by Crippen LogP contribution is 2.23. The van der Waals surface area contributed by atoms with Gasteiger partial charge in [-0.25, -0.2) is 0 Å². The van der Waals surface area contributed by atoms with Crippen molar-refractivity contribution in [2.45, 2.75) is 13.0 Å². The maximum atomic E-state index is 11.1. The average molecular weight is 269 g/mol. The number of hydrogen-bond acceptors (Lipinski definition) is 6.